The van der Waals surface area contributed by atoms with Crippen molar-refractivity contribution < 1.29 is 9.53 Å². The molecule has 2 N–H and O–H groups in total. The van der Waals surface area contributed by atoms with E-state index in [4.69, 9.17) is 16.3 Å². The van der Waals surface area contributed by atoms with Crippen LogP contribution in [-0.2, 0) is 0 Å². The van der Waals surface area contributed by atoms with Gasteiger partial charge >= 0.3 is 0 Å². The largest absolute Gasteiger partial charge is 0.492 e. The molecule has 3 rings (SSSR count). The molecule has 0 spiro atoms. The van der Waals surface area contributed by atoms with Gasteiger partial charge in [0, 0.05) is 41.8 Å². The molecule has 1 aromatic heterocycles. The van der Waals surface area contributed by atoms with Crippen molar-refractivity contribution in [2.75, 3.05) is 25.0 Å². The number of nitrogens with zero attached hydrogens (tertiary/aromatic N) is 1. The Balaban J connectivity index is 1.48. The first-order chi connectivity index (χ1) is 13.2. The van der Waals surface area contributed by atoms with E-state index in [1.807, 2.05) is 12.1 Å². The predicted octanol–water partition coefficient (Wildman–Crippen LogP) is 4.54. The van der Waals surface area contributed by atoms with Gasteiger partial charge in [-0.15, -0.1) is 0 Å². The number of anilines is 1. The second-order valence-corrected chi connectivity index (χ2v) is 7.34. The zero-order valence-corrected chi connectivity index (χ0v) is 16.2. The number of amides is 1. The van der Waals surface area contributed by atoms with Crippen LogP contribution in [0.4, 0.5) is 5.69 Å². The third-order valence-corrected chi connectivity index (χ3v) is 5.01. The maximum Gasteiger partial charge on any atom is 0.251 e. The van der Waals surface area contributed by atoms with Gasteiger partial charge in [0.25, 0.3) is 5.91 Å². The highest BCUT2D eigenvalue weighted by Crippen LogP contribution is 2.24. The molecule has 2 aromatic rings. The second-order valence-electron chi connectivity index (χ2n) is 6.90. The number of carbonyl (C=O) groups is 1. The molecule has 27 heavy (non-hydrogen) atoms. The van der Waals surface area contributed by atoms with Crippen molar-refractivity contribution in [2.45, 2.75) is 32.1 Å². The molecule has 0 bridgehead atoms. The zero-order chi connectivity index (χ0) is 18.9. The summed E-state index contributed by atoms with van der Waals surface area (Å²) in [4.78, 5) is 16.4. The van der Waals surface area contributed by atoms with Crippen LogP contribution >= 0.6 is 11.6 Å². The predicted molar refractivity (Wildman–Crippen MR) is 109 cm³/mol. The van der Waals surface area contributed by atoms with Gasteiger partial charge in [-0.25, -0.2) is 0 Å². The number of hydrogen-bond acceptors (Lipinski definition) is 4. The molecular formula is C21H26ClN3O2. The Hall–Kier alpha value is -2.27. The number of halogens is 1. The lowest BCUT2D eigenvalue weighted by molar-refractivity contribution is 0.0943. The van der Waals surface area contributed by atoms with Crippen LogP contribution in [0.25, 0.3) is 0 Å². The van der Waals surface area contributed by atoms with E-state index in [1.165, 1.54) is 32.1 Å². The first-order valence-corrected chi connectivity index (χ1v) is 9.94. The number of aromatic nitrogens is 1. The second kappa shape index (κ2) is 10.2. The van der Waals surface area contributed by atoms with Gasteiger partial charge < -0.3 is 15.4 Å². The fraction of sp³-hybridized carbons (Fsp3) is 0.429. The van der Waals surface area contributed by atoms with Crippen molar-refractivity contribution in [3.8, 4) is 5.75 Å². The molecule has 0 unspecified atom stereocenters. The molecule has 6 heteroatoms. The SMILES string of the molecule is O=C(NCC1CCCCC1)c1cc(Cl)cc(OCCNc2ccncc2)c1. The van der Waals surface area contributed by atoms with Gasteiger partial charge in [0.15, 0.2) is 0 Å². The number of rotatable bonds is 8. The fourth-order valence-electron chi connectivity index (χ4n) is 3.34. The van der Waals surface area contributed by atoms with Gasteiger partial charge in [-0.2, -0.15) is 0 Å². The summed E-state index contributed by atoms with van der Waals surface area (Å²) < 4.78 is 5.75. The van der Waals surface area contributed by atoms with Crippen molar-refractivity contribution in [3.63, 3.8) is 0 Å². The van der Waals surface area contributed by atoms with E-state index in [2.05, 4.69) is 15.6 Å². The molecule has 1 aliphatic rings. The van der Waals surface area contributed by atoms with E-state index >= 15 is 0 Å². The van der Waals surface area contributed by atoms with Crippen LogP contribution in [0.5, 0.6) is 5.75 Å². The molecule has 1 amide bonds. The monoisotopic (exact) mass is 387 g/mol. The molecule has 1 fully saturated rings. The molecular weight excluding hydrogens is 362 g/mol. The van der Waals surface area contributed by atoms with Gasteiger partial charge in [0.1, 0.15) is 12.4 Å². The summed E-state index contributed by atoms with van der Waals surface area (Å²) in [5.41, 5.74) is 1.53. The Morgan fingerprint density at radius 1 is 1.15 bits per heavy atom. The van der Waals surface area contributed by atoms with E-state index in [0.29, 0.717) is 35.4 Å². The maximum atomic E-state index is 12.5. The summed E-state index contributed by atoms with van der Waals surface area (Å²) in [5.74, 6) is 1.10. The molecule has 144 valence electrons. The number of hydrogen-bond donors (Lipinski definition) is 2. The molecule has 1 aromatic carbocycles. The van der Waals surface area contributed by atoms with E-state index < -0.39 is 0 Å². The molecule has 0 aliphatic heterocycles. The topological polar surface area (TPSA) is 63.2 Å². The van der Waals surface area contributed by atoms with E-state index in [-0.39, 0.29) is 5.91 Å². The normalized spacial score (nSPS) is 14.6. The molecule has 1 saturated carbocycles. The van der Waals surface area contributed by atoms with Crippen LogP contribution in [0, 0.1) is 5.92 Å². The number of nitrogens with one attached hydrogen (secondary N) is 2. The standard InChI is InChI=1S/C21H26ClN3O2/c22-18-12-17(21(26)25-15-16-4-2-1-3-5-16)13-20(14-18)27-11-10-24-19-6-8-23-9-7-19/h6-9,12-14,16H,1-5,10-11,15H2,(H,23,24)(H,25,26). The third kappa shape index (κ3) is 6.43. The van der Waals surface area contributed by atoms with Crippen molar-refractivity contribution in [1.29, 1.82) is 0 Å². The van der Waals surface area contributed by atoms with Crippen LogP contribution in [0.1, 0.15) is 42.5 Å². The lowest BCUT2D eigenvalue weighted by atomic mass is 9.89. The number of carbonyl (C=O) groups excluding carboxylic acids is 1. The molecule has 0 radical (unpaired) electrons. The molecule has 0 saturated heterocycles. The van der Waals surface area contributed by atoms with Crippen molar-refractivity contribution in [3.05, 3.63) is 53.3 Å². The first kappa shape index (κ1) is 19.5. The van der Waals surface area contributed by atoms with Gasteiger partial charge in [0.2, 0.25) is 0 Å². The Labute approximate surface area is 165 Å². The highest BCUT2D eigenvalue weighted by atomic mass is 35.5. The van der Waals surface area contributed by atoms with E-state index in [0.717, 1.165) is 12.2 Å². The maximum absolute atomic E-state index is 12.5. The van der Waals surface area contributed by atoms with Crippen LogP contribution in [-0.4, -0.2) is 30.6 Å². The van der Waals surface area contributed by atoms with Gasteiger partial charge in [-0.3, -0.25) is 9.78 Å². The summed E-state index contributed by atoms with van der Waals surface area (Å²) in [6.45, 7) is 1.84. The smallest absolute Gasteiger partial charge is 0.251 e. The fourth-order valence-corrected chi connectivity index (χ4v) is 3.57. The highest BCUT2D eigenvalue weighted by molar-refractivity contribution is 6.31. The summed E-state index contributed by atoms with van der Waals surface area (Å²) in [5, 5.41) is 6.78. The molecule has 0 atom stereocenters. The lowest BCUT2D eigenvalue weighted by Crippen LogP contribution is -2.30. The van der Waals surface area contributed by atoms with Gasteiger partial charge in [-0.1, -0.05) is 30.9 Å². The highest BCUT2D eigenvalue weighted by Gasteiger charge is 2.15. The average molecular weight is 388 g/mol. The molecule has 1 heterocycles. The van der Waals surface area contributed by atoms with Gasteiger partial charge in [-0.05, 0) is 49.1 Å². The quantitative estimate of drug-likeness (QED) is 0.653. The number of pyridine rings is 1. The zero-order valence-electron chi connectivity index (χ0n) is 15.4. The number of benzene rings is 1. The van der Waals surface area contributed by atoms with Crippen LogP contribution < -0.4 is 15.4 Å². The van der Waals surface area contributed by atoms with Gasteiger partial charge in [0.05, 0.1) is 0 Å². The third-order valence-electron chi connectivity index (χ3n) is 4.79. The minimum Gasteiger partial charge on any atom is -0.492 e. The summed E-state index contributed by atoms with van der Waals surface area (Å²) in [6, 6.07) is 8.95. The Morgan fingerprint density at radius 2 is 1.93 bits per heavy atom. The van der Waals surface area contributed by atoms with Crippen LogP contribution in [0.15, 0.2) is 42.7 Å². The Bertz CT molecular complexity index is 733. The molecule has 5 nitrogen and oxygen atoms in total. The summed E-state index contributed by atoms with van der Waals surface area (Å²) in [7, 11) is 0. The Kier molecular flexibility index (Phi) is 7.34. The molecule has 1 aliphatic carbocycles. The summed E-state index contributed by atoms with van der Waals surface area (Å²) in [6.07, 6.45) is 9.72. The van der Waals surface area contributed by atoms with Crippen molar-refractivity contribution >= 4 is 23.2 Å². The van der Waals surface area contributed by atoms with E-state index in [1.54, 1.807) is 30.6 Å². The van der Waals surface area contributed by atoms with Crippen molar-refractivity contribution in [2.24, 2.45) is 5.92 Å². The average Bonchev–Trinajstić information content (AvgIpc) is 2.70. The first-order valence-electron chi connectivity index (χ1n) is 9.56. The number of ether oxygens (including phenoxy) is 1. The van der Waals surface area contributed by atoms with E-state index in [9.17, 15) is 4.79 Å². The minimum absolute atomic E-state index is 0.0946. The lowest BCUT2D eigenvalue weighted by Gasteiger charge is -2.21. The van der Waals surface area contributed by atoms with Crippen molar-refractivity contribution in [1.82, 2.24) is 10.3 Å². The Morgan fingerprint density at radius 3 is 2.70 bits per heavy atom. The minimum atomic E-state index is -0.0946. The van der Waals surface area contributed by atoms with Crippen LogP contribution in [0.3, 0.4) is 0 Å². The van der Waals surface area contributed by atoms with Crippen LogP contribution in [0.2, 0.25) is 5.02 Å². The summed E-state index contributed by atoms with van der Waals surface area (Å²) >= 11 is 6.17.